The summed E-state index contributed by atoms with van der Waals surface area (Å²) >= 11 is 6.10. The third kappa shape index (κ3) is 5.95. The SMILES string of the molecule is CCN1CCN(C(=O)NC(C(=O)NC2Cc3cccc(C(=O)O)c3OB2O)c2ccc(C(=O)O)c(Cl)c2)C(=O)C1=O. The highest BCUT2D eigenvalue weighted by atomic mass is 35.5. The molecule has 0 aliphatic carbocycles. The van der Waals surface area contributed by atoms with Crippen LogP contribution in [-0.2, 0) is 20.8 Å². The van der Waals surface area contributed by atoms with Crippen molar-refractivity contribution in [2.24, 2.45) is 0 Å². The van der Waals surface area contributed by atoms with E-state index < -0.39 is 54.8 Å². The number of aromatic carboxylic acids is 2. The van der Waals surface area contributed by atoms with E-state index in [1.807, 2.05) is 0 Å². The average molecular weight is 587 g/mol. The molecule has 14 nitrogen and oxygen atoms in total. The van der Waals surface area contributed by atoms with Gasteiger partial charge in [0.25, 0.3) is 0 Å². The van der Waals surface area contributed by atoms with Crippen LogP contribution in [0.2, 0.25) is 5.02 Å². The molecule has 0 radical (unpaired) electrons. The standard InChI is InChI=1S/C25H24BClN4O10/c1-2-30-8-9-31(22(34)21(30)33)25(39)29-18(12-6-7-14(23(35)36)16(27)10-12)20(32)28-17-11-13-4-3-5-15(24(37)38)19(13)41-26(17)40/h3-7,10,17-18,40H,2,8-9,11H2,1H3,(H,28,32)(H,29,39)(H,35,36)(H,37,38). The van der Waals surface area contributed by atoms with Crippen LogP contribution in [0.25, 0.3) is 0 Å². The average Bonchev–Trinajstić information content (AvgIpc) is 2.92. The van der Waals surface area contributed by atoms with E-state index in [0.29, 0.717) is 10.5 Å². The van der Waals surface area contributed by atoms with E-state index in [-0.39, 0.29) is 53.5 Å². The Labute approximate surface area is 238 Å². The summed E-state index contributed by atoms with van der Waals surface area (Å²) in [5, 5.41) is 34.0. The van der Waals surface area contributed by atoms with Gasteiger partial charge in [0.1, 0.15) is 11.8 Å². The van der Waals surface area contributed by atoms with Gasteiger partial charge in [0, 0.05) is 19.6 Å². The number of carbonyl (C=O) groups is 6. The van der Waals surface area contributed by atoms with Gasteiger partial charge in [0.05, 0.1) is 22.1 Å². The van der Waals surface area contributed by atoms with Gasteiger partial charge in [-0.2, -0.15) is 0 Å². The van der Waals surface area contributed by atoms with E-state index in [0.717, 1.165) is 12.1 Å². The number of carbonyl (C=O) groups excluding carboxylic acids is 4. The predicted molar refractivity (Wildman–Crippen MR) is 141 cm³/mol. The maximum absolute atomic E-state index is 13.5. The first-order chi connectivity index (χ1) is 19.4. The molecule has 2 unspecified atom stereocenters. The number of rotatable bonds is 7. The van der Waals surface area contributed by atoms with Gasteiger partial charge in [-0.1, -0.05) is 29.8 Å². The van der Waals surface area contributed by atoms with Crippen molar-refractivity contribution in [3.8, 4) is 5.75 Å². The van der Waals surface area contributed by atoms with Crippen molar-refractivity contribution < 1.29 is 48.7 Å². The molecule has 0 aromatic heterocycles. The number of amides is 5. The lowest BCUT2D eigenvalue weighted by Crippen LogP contribution is -2.60. The molecule has 1 fully saturated rings. The van der Waals surface area contributed by atoms with Crippen LogP contribution in [0.4, 0.5) is 4.79 Å². The fraction of sp³-hybridized carbons (Fsp3) is 0.280. The van der Waals surface area contributed by atoms with Crippen molar-refractivity contribution in [3.63, 3.8) is 0 Å². The quantitative estimate of drug-likeness (QED) is 0.222. The molecule has 2 heterocycles. The molecule has 2 aromatic carbocycles. The highest BCUT2D eigenvalue weighted by Crippen LogP contribution is 2.30. The summed E-state index contributed by atoms with van der Waals surface area (Å²) in [6.45, 7) is 1.90. The topological polar surface area (TPSA) is 203 Å². The van der Waals surface area contributed by atoms with Crippen LogP contribution >= 0.6 is 11.6 Å². The number of benzene rings is 2. The molecule has 41 heavy (non-hydrogen) atoms. The zero-order chi connectivity index (χ0) is 30.0. The van der Waals surface area contributed by atoms with Crippen LogP contribution in [0.3, 0.4) is 0 Å². The Kier molecular flexibility index (Phi) is 8.49. The minimum absolute atomic E-state index is 0.0330. The van der Waals surface area contributed by atoms with Crippen molar-refractivity contribution in [2.75, 3.05) is 19.6 Å². The van der Waals surface area contributed by atoms with Crippen LogP contribution in [0, 0.1) is 0 Å². The van der Waals surface area contributed by atoms with Crippen molar-refractivity contribution >= 4 is 54.4 Å². The summed E-state index contributed by atoms with van der Waals surface area (Å²) < 4.78 is 5.40. The number of nitrogens with one attached hydrogen (secondary N) is 2. The first-order valence-electron chi connectivity index (χ1n) is 12.4. The second-order valence-corrected chi connectivity index (χ2v) is 9.60. The van der Waals surface area contributed by atoms with Gasteiger partial charge in [0.15, 0.2) is 0 Å². The highest BCUT2D eigenvalue weighted by molar-refractivity contribution is 6.47. The zero-order valence-electron chi connectivity index (χ0n) is 21.5. The van der Waals surface area contributed by atoms with Crippen molar-refractivity contribution in [1.82, 2.24) is 20.4 Å². The lowest BCUT2D eigenvalue weighted by Gasteiger charge is -2.33. The first kappa shape index (κ1) is 29.4. The molecular formula is C25H24BClN4O10. The number of fused-ring (bicyclic) bond motifs is 1. The molecule has 5 N–H and O–H groups in total. The molecule has 16 heteroatoms. The van der Waals surface area contributed by atoms with Gasteiger partial charge in [-0.05, 0) is 42.7 Å². The zero-order valence-corrected chi connectivity index (χ0v) is 22.3. The summed E-state index contributed by atoms with van der Waals surface area (Å²) in [6, 6.07) is 5.24. The van der Waals surface area contributed by atoms with Gasteiger partial charge in [0.2, 0.25) is 5.91 Å². The molecule has 5 amide bonds. The second kappa shape index (κ2) is 11.9. The minimum Gasteiger partial charge on any atom is -0.534 e. The maximum Gasteiger partial charge on any atom is 0.547 e. The highest BCUT2D eigenvalue weighted by Gasteiger charge is 2.41. The number of piperazine rings is 1. The number of nitrogens with zero attached hydrogens (tertiary/aromatic N) is 2. The fourth-order valence-corrected chi connectivity index (χ4v) is 4.81. The Morgan fingerprint density at radius 1 is 1.07 bits per heavy atom. The molecule has 2 atom stereocenters. The molecular weight excluding hydrogens is 563 g/mol. The number of halogens is 1. The number of para-hydroxylation sites is 1. The van der Waals surface area contributed by atoms with Gasteiger partial charge in [-0.15, -0.1) is 0 Å². The summed E-state index contributed by atoms with van der Waals surface area (Å²) in [7, 11) is -1.66. The summed E-state index contributed by atoms with van der Waals surface area (Å²) in [5.41, 5.74) is -0.00392. The molecule has 0 spiro atoms. The van der Waals surface area contributed by atoms with E-state index in [1.165, 1.54) is 23.1 Å². The third-order valence-corrected chi connectivity index (χ3v) is 7.01. The maximum atomic E-state index is 13.5. The number of urea groups is 1. The number of imide groups is 1. The number of carboxylic acids is 2. The van der Waals surface area contributed by atoms with Crippen molar-refractivity contribution in [1.29, 1.82) is 0 Å². The van der Waals surface area contributed by atoms with Crippen LogP contribution < -0.4 is 15.3 Å². The molecule has 2 aliphatic rings. The Hall–Kier alpha value is -4.63. The number of hydrogen-bond donors (Lipinski definition) is 5. The Bertz CT molecular complexity index is 1450. The Morgan fingerprint density at radius 2 is 1.78 bits per heavy atom. The summed E-state index contributed by atoms with van der Waals surface area (Å²) in [5.74, 6) is -6.60. The Morgan fingerprint density at radius 3 is 2.41 bits per heavy atom. The third-order valence-electron chi connectivity index (χ3n) is 6.70. The second-order valence-electron chi connectivity index (χ2n) is 9.20. The van der Waals surface area contributed by atoms with Gasteiger partial charge < -0.3 is 35.4 Å². The van der Waals surface area contributed by atoms with Crippen molar-refractivity contribution in [2.45, 2.75) is 25.3 Å². The molecule has 4 rings (SSSR count). The molecule has 0 bridgehead atoms. The van der Waals surface area contributed by atoms with E-state index >= 15 is 0 Å². The summed E-state index contributed by atoms with van der Waals surface area (Å²) in [4.78, 5) is 76.3. The van der Waals surface area contributed by atoms with Gasteiger partial charge in [-0.3, -0.25) is 19.3 Å². The Balaban J connectivity index is 1.61. The molecule has 214 valence electrons. The predicted octanol–water partition coefficient (Wildman–Crippen LogP) is 0.317. The lowest BCUT2D eigenvalue weighted by atomic mass is 9.72. The largest absolute Gasteiger partial charge is 0.547 e. The van der Waals surface area contributed by atoms with Gasteiger partial charge in [-0.25, -0.2) is 14.4 Å². The van der Waals surface area contributed by atoms with Crippen molar-refractivity contribution in [3.05, 3.63) is 63.7 Å². The molecule has 2 aromatic rings. The monoisotopic (exact) mass is 586 g/mol. The van der Waals surface area contributed by atoms with E-state index in [1.54, 1.807) is 13.0 Å². The normalized spacial score (nSPS) is 17.3. The van der Waals surface area contributed by atoms with Gasteiger partial charge >= 0.3 is 36.9 Å². The van der Waals surface area contributed by atoms with Crippen LogP contribution in [0.5, 0.6) is 5.75 Å². The van der Waals surface area contributed by atoms with Crippen LogP contribution in [-0.4, -0.2) is 93.4 Å². The molecule has 1 saturated heterocycles. The van der Waals surface area contributed by atoms with E-state index in [9.17, 15) is 44.0 Å². The first-order valence-corrected chi connectivity index (χ1v) is 12.7. The van der Waals surface area contributed by atoms with E-state index in [4.69, 9.17) is 16.3 Å². The molecule has 0 saturated carbocycles. The van der Waals surface area contributed by atoms with Crippen LogP contribution in [0.15, 0.2) is 36.4 Å². The fourth-order valence-electron chi connectivity index (χ4n) is 4.54. The smallest absolute Gasteiger partial charge is 0.534 e. The minimum atomic E-state index is -1.66. The van der Waals surface area contributed by atoms with E-state index in [2.05, 4.69) is 10.6 Å². The number of likely N-dealkylation sites (N-methyl/N-ethyl adjacent to an activating group) is 1. The molecule has 2 aliphatic heterocycles. The number of hydrogen-bond acceptors (Lipinski definition) is 8. The van der Waals surface area contributed by atoms with Crippen LogP contribution in [0.1, 0.15) is 44.8 Å². The lowest BCUT2D eigenvalue weighted by molar-refractivity contribution is -0.153. The number of carboxylic acid groups (broad SMARTS) is 2. The summed E-state index contributed by atoms with van der Waals surface area (Å²) in [6.07, 6.45) is -0.0330.